The molecule has 0 unspecified atom stereocenters. The fraction of sp³-hybridized carbons (Fsp3) is 0.533. The van der Waals surface area contributed by atoms with Crippen molar-refractivity contribution in [1.29, 1.82) is 0 Å². The van der Waals surface area contributed by atoms with Crippen molar-refractivity contribution in [3.63, 3.8) is 0 Å². The van der Waals surface area contributed by atoms with Crippen molar-refractivity contribution in [3.05, 3.63) is 24.4 Å². The number of hydrogen-bond donors (Lipinski definition) is 3. The molecule has 3 fully saturated rings. The topological polar surface area (TPSA) is 120 Å². The summed E-state index contributed by atoms with van der Waals surface area (Å²) in [6, 6.07) is 0.258. The molecule has 25 heavy (non-hydrogen) atoms. The van der Waals surface area contributed by atoms with Crippen molar-refractivity contribution in [2.75, 3.05) is 36.5 Å². The smallest absolute Gasteiger partial charge is 0.229 e. The Morgan fingerprint density at radius 1 is 1.36 bits per heavy atom. The van der Waals surface area contributed by atoms with Crippen LogP contribution in [0.5, 0.6) is 0 Å². The Bertz CT molecular complexity index is 824. The van der Waals surface area contributed by atoms with E-state index in [4.69, 9.17) is 16.2 Å². The van der Waals surface area contributed by atoms with Crippen molar-refractivity contribution in [2.45, 2.75) is 17.6 Å². The summed E-state index contributed by atoms with van der Waals surface area (Å²) in [5.74, 6) is 0.297. The number of aromatic nitrogens is 4. The maximum absolute atomic E-state index is 14.2. The molecule has 4 heterocycles. The largest absolute Gasteiger partial charge is 0.377 e. The molecule has 0 bridgehead atoms. The van der Waals surface area contributed by atoms with Crippen LogP contribution in [0.1, 0.15) is 6.04 Å². The van der Waals surface area contributed by atoms with Crippen molar-refractivity contribution >= 4 is 17.5 Å². The summed E-state index contributed by atoms with van der Waals surface area (Å²) >= 11 is 0. The Kier molecular flexibility index (Phi) is 3.06. The molecule has 2 saturated heterocycles. The molecule has 9 nitrogen and oxygen atoms in total. The number of hydrogen-bond acceptors (Lipinski definition) is 8. The van der Waals surface area contributed by atoms with Crippen LogP contribution in [0.4, 0.5) is 21.8 Å². The maximum atomic E-state index is 14.2. The summed E-state index contributed by atoms with van der Waals surface area (Å²) in [6.45, 7) is 2.45. The quantitative estimate of drug-likeness (QED) is 0.684. The van der Waals surface area contributed by atoms with Gasteiger partial charge in [-0.15, -0.1) is 0 Å². The molecule has 0 radical (unpaired) electrons. The summed E-state index contributed by atoms with van der Waals surface area (Å²) in [5, 5.41) is 7.35. The monoisotopic (exact) mass is 346 g/mol. The highest BCUT2D eigenvalue weighted by Crippen LogP contribution is 2.47. The Balaban J connectivity index is 1.34. The summed E-state index contributed by atoms with van der Waals surface area (Å²) in [6.07, 6.45) is 4.71. The lowest BCUT2D eigenvalue weighted by Gasteiger charge is -2.25. The van der Waals surface area contributed by atoms with E-state index in [1.54, 1.807) is 6.20 Å². The predicted octanol–water partition coefficient (Wildman–Crippen LogP) is -0.398. The minimum atomic E-state index is -0.466. The van der Waals surface area contributed by atoms with E-state index in [0.29, 0.717) is 32.3 Å². The molecule has 10 heteroatoms. The van der Waals surface area contributed by atoms with Crippen molar-refractivity contribution < 1.29 is 9.13 Å². The van der Waals surface area contributed by atoms with Gasteiger partial charge in [0, 0.05) is 31.2 Å². The second kappa shape index (κ2) is 5.10. The number of nitrogens with zero attached hydrogens (tertiary/aromatic N) is 5. The lowest BCUT2D eigenvalue weighted by Crippen LogP contribution is -2.41. The zero-order chi connectivity index (χ0) is 17.2. The Labute approximate surface area is 143 Å². The van der Waals surface area contributed by atoms with Crippen LogP contribution in [0.15, 0.2) is 18.6 Å². The van der Waals surface area contributed by atoms with Crippen molar-refractivity contribution in [1.82, 2.24) is 19.7 Å². The molecule has 0 amide bonds. The average Bonchev–Trinajstić information content (AvgIpc) is 2.92. The number of anilines is 3. The van der Waals surface area contributed by atoms with Gasteiger partial charge in [-0.3, -0.25) is 4.68 Å². The molecule has 132 valence electrons. The molecular weight excluding hydrogens is 327 g/mol. The summed E-state index contributed by atoms with van der Waals surface area (Å²) < 4.78 is 21.2. The molecule has 1 aliphatic carbocycles. The number of halogens is 1. The number of nitrogens with two attached hydrogens (primary N) is 2. The van der Waals surface area contributed by atoms with E-state index in [1.807, 2.05) is 15.8 Å². The van der Waals surface area contributed by atoms with Crippen LogP contribution in [0.3, 0.4) is 0 Å². The zero-order valence-corrected chi connectivity index (χ0v) is 13.5. The number of piperidine rings is 1. The first-order valence-corrected chi connectivity index (χ1v) is 8.25. The van der Waals surface area contributed by atoms with Crippen LogP contribution in [-0.4, -0.2) is 57.6 Å². The van der Waals surface area contributed by atoms with E-state index < -0.39 is 11.4 Å². The molecule has 3 aliphatic rings. The minimum Gasteiger partial charge on any atom is -0.377 e. The third-order valence-corrected chi connectivity index (χ3v) is 5.39. The van der Waals surface area contributed by atoms with Gasteiger partial charge in [0.2, 0.25) is 5.95 Å². The molecule has 2 aliphatic heterocycles. The van der Waals surface area contributed by atoms with Gasteiger partial charge >= 0.3 is 0 Å². The fourth-order valence-electron chi connectivity index (χ4n) is 3.62. The fourth-order valence-corrected chi connectivity index (χ4v) is 3.62. The molecule has 3 atom stereocenters. The van der Waals surface area contributed by atoms with E-state index in [9.17, 15) is 4.39 Å². The van der Waals surface area contributed by atoms with E-state index in [2.05, 4.69) is 20.4 Å². The van der Waals surface area contributed by atoms with Crippen LogP contribution in [0.2, 0.25) is 0 Å². The SMILES string of the molecule is N[C@@H]1[C@@H]2CN(c3nc(Nc4cnn(C5COC5)c4)ncc3F)C[C@]12N. The number of nitrogens with one attached hydrogen (secondary N) is 1. The van der Waals surface area contributed by atoms with Gasteiger partial charge in [-0.05, 0) is 0 Å². The third-order valence-electron chi connectivity index (χ3n) is 5.39. The van der Waals surface area contributed by atoms with Gasteiger partial charge in [-0.25, -0.2) is 9.37 Å². The van der Waals surface area contributed by atoms with Gasteiger partial charge in [0.05, 0.1) is 42.9 Å². The van der Waals surface area contributed by atoms with Crippen LogP contribution >= 0.6 is 0 Å². The first kappa shape index (κ1) is 15.0. The Morgan fingerprint density at radius 3 is 2.88 bits per heavy atom. The zero-order valence-electron chi connectivity index (χ0n) is 13.5. The molecule has 2 aromatic heterocycles. The second-order valence-electron chi connectivity index (χ2n) is 7.02. The molecular formula is C15H19FN8O. The first-order valence-electron chi connectivity index (χ1n) is 8.25. The van der Waals surface area contributed by atoms with Crippen LogP contribution in [0.25, 0.3) is 0 Å². The highest BCUT2D eigenvalue weighted by molar-refractivity contribution is 5.55. The molecule has 0 spiro atoms. The number of rotatable bonds is 4. The second-order valence-corrected chi connectivity index (χ2v) is 7.02. The Morgan fingerprint density at radius 2 is 2.20 bits per heavy atom. The third kappa shape index (κ3) is 2.29. The van der Waals surface area contributed by atoms with Gasteiger partial charge < -0.3 is 26.4 Å². The summed E-state index contributed by atoms with van der Waals surface area (Å²) in [4.78, 5) is 10.2. The number of fused-ring (bicyclic) bond motifs is 1. The van der Waals surface area contributed by atoms with Crippen LogP contribution < -0.4 is 21.7 Å². The first-order chi connectivity index (χ1) is 12.0. The molecule has 5 N–H and O–H groups in total. The van der Waals surface area contributed by atoms with E-state index >= 15 is 0 Å². The normalized spacial score (nSPS) is 30.9. The van der Waals surface area contributed by atoms with Gasteiger partial charge in [0.25, 0.3) is 0 Å². The molecule has 2 aromatic rings. The van der Waals surface area contributed by atoms with Crippen molar-refractivity contribution in [3.8, 4) is 0 Å². The Hall–Kier alpha value is -2.30. The lowest BCUT2D eigenvalue weighted by atomic mass is 10.3. The number of ether oxygens (including phenoxy) is 1. The standard InChI is InChI=1S/C15H19FN8O/c16-11-2-19-14(21-8-1-20-24(3-8)9-5-25-6-9)22-13(11)23-4-10-12(17)15(10,18)7-23/h1-3,9-10,12H,4-7,17-18H2,(H,19,21,22)/t10-,12+,15+/m0/s1. The van der Waals surface area contributed by atoms with Gasteiger partial charge in [-0.2, -0.15) is 10.1 Å². The molecule has 1 saturated carbocycles. The van der Waals surface area contributed by atoms with E-state index in [0.717, 1.165) is 5.69 Å². The molecule has 5 rings (SSSR count). The summed E-state index contributed by atoms with van der Waals surface area (Å²) in [5.41, 5.74) is 12.5. The van der Waals surface area contributed by atoms with Gasteiger partial charge in [0.15, 0.2) is 11.6 Å². The minimum absolute atomic E-state index is 0.00688. The van der Waals surface area contributed by atoms with Crippen molar-refractivity contribution in [2.24, 2.45) is 17.4 Å². The lowest BCUT2D eigenvalue weighted by molar-refractivity contribution is -0.0286. The van der Waals surface area contributed by atoms with E-state index in [-0.39, 0.29) is 23.8 Å². The maximum Gasteiger partial charge on any atom is 0.229 e. The highest BCUT2D eigenvalue weighted by Gasteiger charge is 2.65. The predicted molar refractivity (Wildman–Crippen MR) is 88.0 cm³/mol. The highest BCUT2D eigenvalue weighted by atomic mass is 19.1. The molecule has 0 aromatic carbocycles. The van der Waals surface area contributed by atoms with Gasteiger partial charge in [0.1, 0.15) is 0 Å². The van der Waals surface area contributed by atoms with Crippen LogP contribution in [0, 0.1) is 11.7 Å². The summed E-state index contributed by atoms with van der Waals surface area (Å²) in [7, 11) is 0. The van der Waals surface area contributed by atoms with Gasteiger partial charge in [-0.1, -0.05) is 0 Å². The van der Waals surface area contributed by atoms with Crippen LogP contribution in [-0.2, 0) is 4.74 Å². The van der Waals surface area contributed by atoms with E-state index in [1.165, 1.54) is 6.20 Å². The average molecular weight is 346 g/mol.